The normalized spacial score (nSPS) is 13.0. The van der Waals surface area contributed by atoms with Gasteiger partial charge in [0, 0.05) is 34.3 Å². The molecule has 0 spiro atoms. The molecule has 6 rings (SSSR count). The first-order valence-corrected chi connectivity index (χ1v) is 18.5. The van der Waals surface area contributed by atoms with Crippen molar-refractivity contribution in [3.05, 3.63) is 212 Å². The summed E-state index contributed by atoms with van der Waals surface area (Å²) in [5.74, 6) is 0. The maximum Gasteiger partial charge on any atom is 0.00237 e. The molecular weight excluding hydrogens is 581 g/mol. The van der Waals surface area contributed by atoms with Gasteiger partial charge in [0.15, 0.2) is 0 Å². The number of rotatable bonds is 10. The minimum atomic E-state index is -1.82. The van der Waals surface area contributed by atoms with Crippen LogP contribution in [0.3, 0.4) is 0 Å². The average molecular weight is 619 g/mol. The van der Waals surface area contributed by atoms with Crippen LogP contribution in [0.25, 0.3) is 0 Å². The maximum atomic E-state index is 3.99. The minimum absolute atomic E-state index is 1.28. The Hall–Kier alpha value is -4.76. The van der Waals surface area contributed by atoms with Crippen LogP contribution < -0.4 is 0 Å². The van der Waals surface area contributed by atoms with Gasteiger partial charge in [0.2, 0.25) is 0 Å². The van der Waals surface area contributed by atoms with Crippen LogP contribution in [-0.4, -0.2) is 0 Å². The second-order valence-electron chi connectivity index (χ2n) is 10.5. The van der Waals surface area contributed by atoms with Gasteiger partial charge < -0.3 is 0 Å². The molecule has 0 heterocycles. The van der Waals surface area contributed by atoms with Gasteiger partial charge >= 0.3 is 0 Å². The summed E-state index contributed by atoms with van der Waals surface area (Å²) in [6.07, 6.45) is 8.44. The predicted octanol–water partition coefficient (Wildman–Crippen LogP) is 13.0. The highest BCUT2D eigenvalue weighted by atomic mass is 32.3. The molecule has 0 amide bonds. The molecule has 0 aromatic heterocycles. The molecule has 0 nitrogen and oxygen atoms in total. The summed E-state index contributed by atoms with van der Waals surface area (Å²) in [4.78, 5) is 10.5. The van der Waals surface area contributed by atoms with E-state index in [4.69, 9.17) is 0 Å². The van der Waals surface area contributed by atoms with Crippen molar-refractivity contribution in [2.24, 2.45) is 0 Å². The predicted molar refractivity (Wildman–Crippen MR) is 195 cm³/mol. The van der Waals surface area contributed by atoms with Crippen LogP contribution in [0.5, 0.6) is 0 Å². The fourth-order valence-electron chi connectivity index (χ4n) is 6.14. The first-order chi connectivity index (χ1) is 22.3. The zero-order valence-electron chi connectivity index (χ0n) is 25.6. The number of allylic oxidation sites excluding steroid dienone is 4. The maximum absolute atomic E-state index is 3.99. The highest BCUT2D eigenvalue weighted by Gasteiger charge is 2.36. The lowest BCUT2D eigenvalue weighted by molar-refractivity contribution is 1.21. The molecule has 0 aliphatic rings. The Balaban J connectivity index is 1.67. The van der Waals surface area contributed by atoms with E-state index >= 15 is 0 Å². The Morgan fingerprint density at radius 3 is 1.04 bits per heavy atom. The second kappa shape index (κ2) is 13.9. The molecule has 0 radical (unpaired) electrons. The monoisotopic (exact) mass is 618 g/mol. The van der Waals surface area contributed by atoms with E-state index in [1.807, 2.05) is 6.08 Å². The van der Waals surface area contributed by atoms with Gasteiger partial charge in [-0.15, -0.1) is 20.1 Å². The van der Waals surface area contributed by atoms with Gasteiger partial charge in [-0.05, 0) is 103 Å². The van der Waals surface area contributed by atoms with E-state index < -0.39 is 20.1 Å². The zero-order valence-corrected chi connectivity index (χ0v) is 27.2. The summed E-state index contributed by atoms with van der Waals surface area (Å²) in [7, 11) is -3.59. The summed E-state index contributed by atoms with van der Waals surface area (Å²) < 4.78 is 0. The van der Waals surface area contributed by atoms with E-state index in [9.17, 15) is 0 Å². The Labute approximate surface area is 271 Å². The molecule has 0 N–H and O–H groups in total. The second-order valence-corrected chi connectivity index (χ2v) is 16.8. The van der Waals surface area contributed by atoms with E-state index in [0.717, 1.165) is 0 Å². The number of hydrogen-bond donors (Lipinski definition) is 0. The fraction of sp³-hybridized carbons (Fsp3) is 0.0233. The molecule has 0 fully saturated rings. The van der Waals surface area contributed by atoms with E-state index in [1.165, 1.54) is 39.2 Å². The lowest BCUT2D eigenvalue weighted by Gasteiger charge is -2.44. The minimum Gasteiger partial charge on any atom is -0.133 e. The molecule has 0 aliphatic carbocycles. The van der Waals surface area contributed by atoms with Crippen LogP contribution in [0, 0.1) is 0 Å². The van der Waals surface area contributed by atoms with Gasteiger partial charge in [0.1, 0.15) is 0 Å². The van der Waals surface area contributed by atoms with E-state index in [2.05, 4.69) is 208 Å². The molecule has 0 saturated carbocycles. The standard InChI is InChI=1S/C43H38S2/c1-3-5-21-36(4-2)44(37-22-11-6-12-23-37,38-24-13-7-14-25-38)42-32-34-43(35-33-42)45(39-26-15-8-16-27-39,40-28-17-9-18-29-40)41-30-19-10-20-31-41/h3-35H,1H2,2H3/b21-5-,36-4+. The highest BCUT2D eigenvalue weighted by Crippen LogP contribution is 2.76. The molecule has 45 heavy (non-hydrogen) atoms. The third-order valence-electron chi connectivity index (χ3n) is 8.05. The van der Waals surface area contributed by atoms with Gasteiger partial charge in [0.05, 0.1) is 0 Å². The van der Waals surface area contributed by atoms with Crippen LogP contribution >= 0.6 is 20.1 Å². The molecule has 0 saturated heterocycles. The van der Waals surface area contributed by atoms with Gasteiger partial charge in [0.25, 0.3) is 0 Å². The largest absolute Gasteiger partial charge is 0.133 e. The lowest BCUT2D eigenvalue weighted by Crippen LogP contribution is -2.08. The van der Waals surface area contributed by atoms with Crippen LogP contribution in [0.4, 0.5) is 0 Å². The Morgan fingerprint density at radius 1 is 0.422 bits per heavy atom. The van der Waals surface area contributed by atoms with Gasteiger partial charge in [-0.25, -0.2) is 0 Å². The summed E-state index contributed by atoms with van der Waals surface area (Å²) in [6.45, 7) is 6.14. The number of hydrogen-bond acceptors (Lipinski definition) is 0. The molecule has 6 aromatic carbocycles. The molecule has 0 unspecified atom stereocenters. The van der Waals surface area contributed by atoms with Crippen molar-refractivity contribution in [3.63, 3.8) is 0 Å². The Morgan fingerprint density at radius 2 is 0.711 bits per heavy atom. The summed E-state index contributed by atoms with van der Waals surface area (Å²) in [5, 5.41) is 0. The molecule has 2 heteroatoms. The van der Waals surface area contributed by atoms with E-state index in [0.29, 0.717) is 0 Å². The van der Waals surface area contributed by atoms with E-state index in [-0.39, 0.29) is 0 Å². The smallest absolute Gasteiger partial charge is 0.00237 e. The molecule has 0 atom stereocenters. The Bertz CT molecular complexity index is 1740. The van der Waals surface area contributed by atoms with E-state index in [1.54, 1.807) is 0 Å². The number of benzene rings is 6. The topological polar surface area (TPSA) is 0 Å². The van der Waals surface area contributed by atoms with Crippen molar-refractivity contribution in [2.45, 2.75) is 41.2 Å². The average Bonchev–Trinajstić information content (AvgIpc) is 3.13. The van der Waals surface area contributed by atoms with Crippen molar-refractivity contribution in [1.82, 2.24) is 0 Å². The van der Waals surface area contributed by atoms with Gasteiger partial charge in [-0.3, -0.25) is 0 Å². The quantitative estimate of drug-likeness (QED) is 0.134. The van der Waals surface area contributed by atoms with Crippen molar-refractivity contribution in [3.8, 4) is 0 Å². The Kier molecular flexibility index (Phi) is 9.35. The van der Waals surface area contributed by atoms with Crippen molar-refractivity contribution >= 4 is 20.1 Å². The third kappa shape index (κ3) is 5.53. The highest BCUT2D eigenvalue weighted by molar-refractivity contribution is 8.37. The first kappa shape index (κ1) is 30.3. The fourth-order valence-corrected chi connectivity index (χ4v) is 14.0. The SMILES string of the molecule is C=C/C=C\C(=C/C)S(c1ccccc1)(c1ccccc1)c1ccc(S(c2ccccc2)(c2ccccc2)c2ccccc2)cc1. The first-order valence-electron chi connectivity index (χ1n) is 15.2. The molecule has 6 aromatic rings. The molecule has 222 valence electrons. The molecule has 0 bridgehead atoms. The lowest BCUT2D eigenvalue weighted by atomic mass is 10.3. The van der Waals surface area contributed by atoms with Crippen molar-refractivity contribution in [2.75, 3.05) is 0 Å². The summed E-state index contributed by atoms with van der Waals surface area (Å²) >= 11 is 0. The van der Waals surface area contributed by atoms with Gasteiger partial charge in [-0.2, -0.15) is 0 Å². The van der Waals surface area contributed by atoms with Crippen LogP contribution in [-0.2, 0) is 0 Å². The molecular formula is C43H38S2. The van der Waals surface area contributed by atoms with Crippen LogP contribution in [0.1, 0.15) is 6.92 Å². The van der Waals surface area contributed by atoms with Crippen molar-refractivity contribution < 1.29 is 0 Å². The summed E-state index contributed by atoms with van der Waals surface area (Å²) in [5.41, 5.74) is 0. The van der Waals surface area contributed by atoms with Gasteiger partial charge in [-0.1, -0.05) is 116 Å². The zero-order chi connectivity index (χ0) is 31.0. The van der Waals surface area contributed by atoms with Crippen molar-refractivity contribution in [1.29, 1.82) is 0 Å². The summed E-state index contributed by atoms with van der Waals surface area (Å²) in [6, 6.07) is 64.7. The molecule has 0 aliphatic heterocycles. The third-order valence-corrected chi connectivity index (χ3v) is 16.0. The van der Waals surface area contributed by atoms with Crippen LogP contribution in [0.2, 0.25) is 0 Å². The van der Waals surface area contributed by atoms with Crippen LogP contribution in [0.15, 0.2) is 246 Å².